The maximum Gasteiger partial charge on any atom is 0.338 e. The lowest BCUT2D eigenvalue weighted by Gasteiger charge is -2.15. The molecule has 1 aromatic heterocycles. The number of carbonyl (C=O) groups excluding carboxylic acids is 3. The van der Waals surface area contributed by atoms with E-state index < -0.39 is 11.8 Å². The Morgan fingerprint density at radius 2 is 1.80 bits per heavy atom. The number of benzene rings is 2. The first-order chi connectivity index (χ1) is 17.0. The Balaban J connectivity index is 1.42. The van der Waals surface area contributed by atoms with Gasteiger partial charge in [-0.25, -0.2) is 4.79 Å². The second kappa shape index (κ2) is 11.2. The Hall–Kier alpha value is -3.69. The standard InChI is InChI=1S/C26H22N2O5S2/c1-2-3-15-32-25(31)19-11-9-17(10-12-19)21-14-13-20(33-21)16-22-24(30)28(26(34)35-22)27-23(29)18-7-5-4-6-8-18/h4-14,16H,2-3,15H2,1H3,(H,27,29). The molecule has 0 saturated carbocycles. The summed E-state index contributed by atoms with van der Waals surface area (Å²) in [4.78, 5) is 37.6. The molecule has 1 aliphatic heterocycles. The number of hydrogen-bond acceptors (Lipinski definition) is 7. The van der Waals surface area contributed by atoms with Gasteiger partial charge in [0.15, 0.2) is 4.32 Å². The van der Waals surface area contributed by atoms with Crippen molar-refractivity contribution in [3.63, 3.8) is 0 Å². The van der Waals surface area contributed by atoms with Gasteiger partial charge in [0, 0.05) is 17.2 Å². The van der Waals surface area contributed by atoms with Crippen LogP contribution in [0.4, 0.5) is 0 Å². The van der Waals surface area contributed by atoms with E-state index in [0.29, 0.717) is 34.2 Å². The quantitative estimate of drug-likeness (QED) is 0.188. The molecule has 0 spiro atoms. The summed E-state index contributed by atoms with van der Waals surface area (Å²) in [6, 6.07) is 19.0. The van der Waals surface area contributed by atoms with E-state index in [1.54, 1.807) is 72.8 Å². The summed E-state index contributed by atoms with van der Waals surface area (Å²) < 4.78 is 11.3. The molecule has 3 aromatic rings. The maximum atomic E-state index is 12.8. The van der Waals surface area contributed by atoms with Gasteiger partial charge in [-0.3, -0.25) is 15.0 Å². The molecule has 2 heterocycles. The average Bonchev–Trinajstić information content (AvgIpc) is 3.45. The topological polar surface area (TPSA) is 88.9 Å². The third-order valence-electron chi connectivity index (χ3n) is 5.08. The molecule has 1 saturated heterocycles. The number of unbranched alkanes of at least 4 members (excludes halogenated alkanes) is 1. The predicted molar refractivity (Wildman–Crippen MR) is 138 cm³/mol. The second-order valence-corrected chi connectivity index (χ2v) is 9.27. The lowest BCUT2D eigenvalue weighted by molar-refractivity contribution is -0.123. The highest BCUT2D eigenvalue weighted by molar-refractivity contribution is 8.26. The molecule has 1 aliphatic rings. The minimum Gasteiger partial charge on any atom is -0.462 e. The molecule has 0 aliphatic carbocycles. The minimum atomic E-state index is -0.437. The molecule has 7 nitrogen and oxygen atoms in total. The average molecular weight is 507 g/mol. The Kier molecular flexibility index (Phi) is 7.79. The molecule has 35 heavy (non-hydrogen) atoms. The van der Waals surface area contributed by atoms with Gasteiger partial charge in [0.05, 0.1) is 17.1 Å². The zero-order chi connectivity index (χ0) is 24.8. The van der Waals surface area contributed by atoms with Gasteiger partial charge < -0.3 is 9.15 Å². The number of hydrogen-bond donors (Lipinski definition) is 1. The zero-order valence-corrected chi connectivity index (χ0v) is 20.5. The van der Waals surface area contributed by atoms with Crippen molar-refractivity contribution in [1.82, 2.24) is 10.4 Å². The fourth-order valence-corrected chi connectivity index (χ4v) is 4.36. The SMILES string of the molecule is CCCCOC(=O)c1ccc(-c2ccc(C=C3SC(=S)N(NC(=O)c4ccccc4)C3=O)o2)cc1. The van der Waals surface area contributed by atoms with Crippen LogP contribution >= 0.6 is 24.0 Å². The van der Waals surface area contributed by atoms with Crippen LogP contribution in [0, 0.1) is 0 Å². The molecule has 1 N–H and O–H groups in total. The number of thiocarbonyl (C=S) groups is 1. The van der Waals surface area contributed by atoms with Gasteiger partial charge in [0.2, 0.25) is 0 Å². The number of thioether (sulfide) groups is 1. The summed E-state index contributed by atoms with van der Waals surface area (Å²) in [5.41, 5.74) is 4.21. The highest BCUT2D eigenvalue weighted by Crippen LogP contribution is 2.33. The predicted octanol–water partition coefficient (Wildman–Crippen LogP) is 5.45. The Morgan fingerprint density at radius 3 is 2.51 bits per heavy atom. The summed E-state index contributed by atoms with van der Waals surface area (Å²) in [6.07, 6.45) is 3.37. The third-order valence-corrected chi connectivity index (χ3v) is 6.38. The fourth-order valence-electron chi connectivity index (χ4n) is 3.20. The van der Waals surface area contributed by atoms with Gasteiger partial charge in [-0.05, 0) is 55.0 Å². The van der Waals surface area contributed by atoms with E-state index in [-0.39, 0.29) is 10.3 Å². The van der Waals surface area contributed by atoms with Crippen LogP contribution in [0.2, 0.25) is 0 Å². The molecule has 0 atom stereocenters. The summed E-state index contributed by atoms with van der Waals surface area (Å²) in [5, 5.41) is 1.06. The largest absolute Gasteiger partial charge is 0.462 e. The van der Waals surface area contributed by atoms with Gasteiger partial charge in [-0.2, -0.15) is 5.01 Å². The highest BCUT2D eigenvalue weighted by Gasteiger charge is 2.34. The van der Waals surface area contributed by atoms with Crippen molar-refractivity contribution < 1.29 is 23.5 Å². The van der Waals surface area contributed by atoms with Gasteiger partial charge in [0.25, 0.3) is 11.8 Å². The normalized spacial score (nSPS) is 14.4. The number of esters is 1. The second-order valence-electron chi connectivity index (χ2n) is 7.59. The van der Waals surface area contributed by atoms with Gasteiger partial charge in [0.1, 0.15) is 11.5 Å². The molecule has 1 fully saturated rings. The molecule has 0 unspecified atom stereocenters. The smallest absolute Gasteiger partial charge is 0.338 e. The molecule has 9 heteroatoms. The summed E-state index contributed by atoms with van der Waals surface area (Å²) in [7, 11) is 0. The molecule has 2 aromatic carbocycles. The maximum absolute atomic E-state index is 12.8. The molecular formula is C26H22N2O5S2. The number of amides is 2. The number of carbonyl (C=O) groups is 3. The summed E-state index contributed by atoms with van der Waals surface area (Å²) in [5.74, 6) is -0.186. The van der Waals surface area contributed by atoms with Crippen LogP contribution < -0.4 is 5.43 Å². The molecular weight excluding hydrogens is 484 g/mol. The minimum absolute atomic E-state index is 0.221. The first kappa shape index (κ1) is 24.4. The lowest BCUT2D eigenvalue weighted by Crippen LogP contribution is -2.44. The van der Waals surface area contributed by atoms with Crippen molar-refractivity contribution in [1.29, 1.82) is 0 Å². The van der Waals surface area contributed by atoms with Crippen LogP contribution in [0.5, 0.6) is 0 Å². The van der Waals surface area contributed by atoms with E-state index >= 15 is 0 Å². The number of nitrogens with one attached hydrogen (secondary N) is 1. The van der Waals surface area contributed by atoms with E-state index in [1.165, 1.54) is 0 Å². The monoisotopic (exact) mass is 506 g/mol. The highest BCUT2D eigenvalue weighted by atomic mass is 32.2. The van der Waals surface area contributed by atoms with Crippen molar-refractivity contribution >= 4 is 52.2 Å². The Bertz CT molecular complexity index is 1280. The van der Waals surface area contributed by atoms with Crippen molar-refractivity contribution in [3.05, 3.63) is 88.5 Å². The first-order valence-electron chi connectivity index (χ1n) is 11.0. The van der Waals surface area contributed by atoms with Crippen molar-refractivity contribution in [2.45, 2.75) is 19.8 Å². The van der Waals surface area contributed by atoms with E-state index in [2.05, 4.69) is 5.43 Å². The lowest BCUT2D eigenvalue weighted by atomic mass is 10.1. The van der Waals surface area contributed by atoms with Crippen LogP contribution in [-0.2, 0) is 9.53 Å². The van der Waals surface area contributed by atoms with E-state index in [0.717, 1.165) is 35.2 Å². The van der Waals surface area contributed by atoms with Crippen molar-refractivity contribution in [2.75, 3.05) is 6.61 Å². The summed E-state index contributed by atoms with van der Waals surface area (Å²) in [6.45, 7) is 2.44. The van der Waals surface area contributed by atoms with Crippen LogP contribution in [0.1, 0.15) is 46.2 Å². The van der Waals surface area contributed by atoms with Gasteiger partial charge >= 0.3 is 5.97 Å². The third kappa shape index (κ3) is 5.87. The Morgan fingerprint density at radius 1 is 1.06 bits per heavy atom. The van der Waals surface area contributed by atoms with Crippen LogP contribution in [0.15, 0.2) is 76.1 Å². The number of nitrogens with zero attached hydrogens (tertiary/aromatic N) is 1. The molecule has 0 bridgehead atoms. The number of ether oxygens (including phenoxy) is 1. The van der Waals surface area contributed by atoms with E-state index in [1.807, 2.05) is 6.92 Å². The first-order valence-corrected chi connectivity index (χ1v) is 12.2. The van der Waals surface area contributed by atoms with Crippen LogP contribution in [0.3, 0.4) is 0 Å². The van der Waals surface area contributed by atoms with Crippen molar-refractivity contribution in [2.24, 2.45) is 0 Å². The van der Waals surface area contributed by atoms with Crippen molar-refractivity contribution in [3.8, 4) is 11.3 Å². The number of rotatable bonds is 8. The van der Waals surface area contributed by atoms with E-state index in [9.17, 15) is 14.4 Å². The zero-order valence-electron chi connectivity index (χ0n) is 18.9. The molecule has 178 valence electrons. The summed E-state index contributed by atoms with van der Waals surface area (Å²) >= 11 is 6.35. The van der Waals surface area contributed by atoms with Gasteiger partial charge in [-0.1, -0.05) is 55.4 Å². The van der Waals surface area contributed by atoms with Gasteiger partial charge in [-0.15, -0.1) is 0 Å². The molecule has 0 radical (unpaired) electrons. The molecule has 2 amide bonds. The Labute approximate surface area is 212 Å². The fraction of sp³-hybridized carbons (Fsp3) is 0.154. The number of furan rings is 1. The van der Waals surface area contributed by atoms with Crippen LogP contribution in [-0.4, -0.2) is 33.7 Å². The number of hydrazine groups is 1. The van der Waals surface area contributed by atoms with Crippen LogP contribution in [0.25, 0.3) is 17.4 Å². The van der Waals surface area contributed by atoms with E-state index in [4.69, 9.17) is 21.4 Å². The molecule has 4 rings (SSSR count).